The van der Waals surface area contributed by atoms with E-state index in [1.54, 1.807) is 6.92 Å². The molecule has 96 valence electrons. The molecule has 0 saturated carbocycles. The van der Waals surface area contributed by atoms with E-state index in [9.17, 15) is 5.11 Å². The van der Waals surface area contributed by atoms with E-state index >= 15 is 0 Å². The first kappa shape index (κ1) is 15.0. The van der Waals surface area contributed by atoms with E-state index in [0.717, 1.165) is 31.5 Å². The highest BCUT2D eigenvalue weighted by atomic mass is 79.9. The van der Waals surface area contributed by atoms with E-state index in [1.807, 2.05) is 12.1 Å². The summed E-state index contributed by atoms with van der Waals surface area (Å²) >= 11 is 6.60. The lowest BCUT2D eigenvalue weighted by Crippen LogP contribution is -2.16. The second-order valence-corrected chi connectivity index (χ2v) is 5.78. The first-order valence-corrected chi connectivity index (χ1v) is 7.15. The minimum atomic E-state index is -0.228. The highest BCUT2D eigenvalue weighted by molar-refractivity contribution is 9.11. The molecule has 3 N–H and O–H groups in total. The number of benzene rings is 1. The molecule has 0 aliphatic heterocycles. The highest BCUT2D eigenvalue weighted by Gasteiger charge is 2.05. The van der Waals surface area contributed by atoms with Crippen LogP contribution < -0.4 is 5.32 Å². The van der Waals surface area contributed by atoms with Crippen molar-refractivity contribution in [2.24, 2.45) is 0 Å². The summed E-state index contributed by atoms with van der Waals surface area (Å²) in [6.45, 7) is 3.42. The van der Waals surface area contributed by atoms with Gasteiger partial charge in [0, 0.05) is 6.54 Å². The fourth-order valence-corrected chi connectivity index (χ4v) is 2.76. The number of rotatable bonds is 6. The van der Waals surface area contributed by atoms with E-state index in [-0.39, 0.29) is 11.9 Å². The van der Waals surface area contributed by atoms with Gasteiger partial charge in [0.2, 0.25) is 0 Å². The molecule has 0 aliphatic carbocycles. The first-order valence-electron chi connectivity index (χ1n) is 5.56. The molecule has 0 radical (unpaired) electrons. The molecule has 0 fully saturated rings. The Morgan fingerprint density at radius 1 is 1.29 bits per heavy atom. The summed E-state index contributed by atoms with van der Waals surface area (Å²) in [6, 6.07) is 3.78. The van der Waals surface area contributed by atoms with Gasteiger partial charge in [-0.2, -0.15) is 0 Å². The number of phenolic OH excluding ortho intramolecular Hbond substituents is 1. The molecule has 0 aliphatic rings. The van der Waals surface area contributed by atoms with Gasteiger partial charge in [-0.3, -0.25) is 0 Å². The number of aliphatic hydroxyl groups excluding tert-OH is 1. The van der Waals surface area contributed by atoms with Crippen molar-refractivity contribution in [1.82, 2.24) is 5.32 Å². The maximum atomic E-state index is 9.56. The van der Waals surface area contributed by atoms with Crippen LogP contribution in [-0.4, -0.2) is 22.9 Å². The number of hydrogen-bond acceptors (Lipinski definition) is 3. The molecular weight excluding hydrogens is 350 g/mol. The largest absolute Gasteiger partial charge is 0.506 e. The van der Waals surface area contributed by atoms with Gasteiger partial charge in [0.05, 0.1) is 15.0 Å². The number of hydrogen-bond donors (Lipinski definition) is 3. The first-order chi connectivity index (χ1) is 8.00. The molecule has 3 nitrogen and oxygen atoms in total. The minimum Gasteiger partial charge on any atom is -0.506 e. The molecule has 0 heterocycles. The van der Waals surface area contributed by atoms with Crippen LogP contribution in [-0.2, 0) is 6.54 Å². The Hall–Kier alpha value is -0.100. The molecule has 0 bridgehead atoms. The zero-order chi connectivity index (χ0) is 12.8. The second kappa shape index (κ2) is 7.36. The van der Waals surface area contributed by atoms with Crippen molar-refractivity contribution in [3.63, 3.8) is 0 Å². The summed E-state index contributed by atoms with van der Waals surface area (Å²) in [4.78, 5) is 0. The van der Waals surface area contributed by atoms with Crippen LogP contribution in [0.1, 0.15) is 25.3 Å². The van der Waals surface area contributed by atoms with Crippen LogP contribution in [0.5, 0.6) is 5.75 Å². The normalized spacial score (nSPS) is 12.7. The summed E-state index contributed by atoms with van der Waals surface area (Å²) in [6.07, 6.45) is 1.54. The molecule has 17 heavy (non-hydrogen) atoms. The molecule has 1 rings (SSSR count). The quantitative estimate of drug-likeness (QED) is 0.678. The maximum Gasteiger partial charge on any atom is 0.143 e. The number of nitrogens with one attached hydrogen (secondary N) is 1. The standard InChI is InChI=1S/C12H17Br2NO2/c1-8(16)3-2-4-15-7-9-5-10(13)12(17)11(14)6-9/h5-6,8,15-17H,2-4,7H2,1H3. The zero-order valence-corrected chi connectivity index (χ0v) is 12.9. The van der Waals surface area contributed by atoms with Crippen molar-refractivity contribution in [1.29, 1.82) is 0 Å². The molecule has 1 unspecified atom stereocenters. The van der Waals surface area contributed by atoms with Crippen LogP contribution in [0.4, 0.5) is 0 Å². The van der Waals surface area contributed by atoms with Crippen LogP contribution in [0.25, 0.3) is 0 Å². The molecule has 0 amide bonds. The van der Waals surface area contributed by atoms with Gasteiger partial charge in [0.15, 0.2) is 0 Å². The van der Waals surface area contributed by atoms with Gasteiger partial charge in [-0.1, -0.05) is 0 Å². The molecule has 0 spiro atoms. The number of halogens is 2. The Morgan fingerprint density at radius 2 is 1.88 bits per heavy atom. The van der Waals surface area contributed by atoms with E-state index in [0.29, 0.717) is 8.95 Å². The van der Waals surface area contributed by atoms with Crippen LogP contribution >= 0.6 is 31.9 Å². The third kappa shape index (κ3) is 5.38. The fraction of sp³-hybridized carbons (Fsp3) is 0.500. The Balaban J connectivity index is 2.37. The second-order valence-electron chi connectivity index (χ2n) is 4.08. The third-order valence-corrected chi connectivity index (χ3v) is 3.59. The molecule has 0 saturated heterocycles. The Morgan fingerprint density at radius 3 is 2.41 bits per heavy atom. The maximum absolute atomic E-state index is 9.56. The van der Waals surface area contributed by atoms with Crippen LogP contribution in [0.3, 0.4) is 0 Å². The SMILES string of the molecule is CC(O)CCCNCc1cc(Br)c(O)c(Br)c1. The molecule has 5 heteroatoms. The molecule has 1 aromatic rings. The molecular formula is C12H17Br2NO2. The average Bonchev–Trinajstić information content (AvgIpc) is 2.25. The van der Waals surface area contributed by atoms with E-state index in [1.165, 1.54) is 0 Å². The fourth-order valence-electron chi connectivity index (χ4n) is 1.48. The van der Waals surface area contributed by atoms with E-state index in [2.05, 4.69) is 37.2 Å². The molecule has 0 aromatic heterocycles. The van der Waals surface area contributed by atoms with Crippen LogP contribution in [0.15, 0.2) is 21.1 Å². The Labute approximate surface area is 118 Å². The summed E-state index contributed by atoms with van der Waals surface area (Å²) in [5.41, 5.74) is 1.10. The van der Waals surface area contributed by atoms with Crippen molar-refractivity contribution < 1.29 is 10.2 Å². The highest BCUT2D eigenvalue weighted by Crippen LogP contribution is 2.33. The number of phenols is 1. The van der Waals surface area contributed by atoms with Gasteiger partial charge in [-0.15, -0.1) is 0 Å². The van der Waals surface area contributed by atoms with Gasteiger partial charge in [0.1, 0.15) is 5.75 Å². The van der Waals surface area contributed by atoms with Crippen LogP contribution in [0.2, 0.25) is 0 Å². The van der Waals surface area contributed by atoms with Gasteiger partial charge in [-0.05, 0) is 75.9 Å². The van der Waals surface area contributed by atoms with Crippen molar-refractivity contribution in [3.8, 4) is 5.75 Å². The van der Waals surface area contributed by atoms with Crippen molar-refractivity contribution in [3.05, 3.63) is 26.6 Å². The van der Waals surface area contributed by atoms with Crippen molar-refractivity contribution >= 4 is 31.9 Å². The van der Waals surface area contributed by atoms with Gasteiger partial charge in [-0.25, -0.2) is 0 Å². The molecule has 1 aromatic carbocycles. The van der Waals surface area contributed by atoms with E-state index in [4.69, 9.17) is 5.11 Å². The number of aliphatic hydroxyl groups is 1. The van der Waals surface area contributed by atoms with Gasteiger partial charge < -0.3 is 15.5 Å². The van der Waals surface area contributed by atoms with Gasteiger partial charge >= 0.3 is 0 Å². The van der Waals surface area contributed by atoms with Crippen LogP contribution in [0, 0.1) is 0 Å². The Bertz CT molecular complexity index is 347. The monoisotopic (exact) mass is 365 g/mol. The predicted molar refractivity (Wildman–Crippen MR) is 76.1 cm³/mol. The summed E-state index contributed by atoms with van der Waals surface area (Å²) in [5.74, 6) is 0.225. The van der Waals surface area contributed by atoms with Crippen molar-refractivity contribution in [2.45, 2.75) is 32.4 Å². The lowest BCUT2D eigenvalue weighted by molar-refractivity contribution is 0.181. The van der Waals surface area contributed by atoms with Crippen molar-refractivity contribution in [2.75, 3.05) is 6.54 Å². The Kier molecular flexibility index (Phi) is 6.48. The minimum absolute atomic E-state index is 0.225. The topological polar surface area (TPSA) is 52.5 Å². The lowest BCUT2D eigenvalue weighted by Gasteiger charge is -2.08. The zero-order valence-electron chi connectivity index (χ0n) is 9.71. The summed E-state index contributed by atoms with van der Waals surface area (Å²) in [7, 11) is 0. The third-order valence-electron chi connectivity index (χ3n) is 2.38. The summed E-state index contributed by atoms with van der Waals surface area (Å²) < 4.78 is 1.38. The smallest absolute Gasteiger partial charge is 0.143 e. The summed E-state index contributed by atoms with van der Waals surface area (Å²) in [5, 5.41) is 22.0. The molecule has 1 atom stereocenters. The number of aromatic hydroxyl groups is 1. The average molecular weight is 367 g/mol. The van der Waals surface area contributed by atoms with E-state index < -0.39 is 0 Å². The van der Waals surface area contributed by atoms with Gasteiger partial charge in [0.25, 0.3) is 0 Å². The predicted octanol–water partition coefficient (Wildman–Crippen LogP) is 3.17. The lowest BCUT2D eigenvalue weighted by atomic mass is 10.2.